The molecular weight excluding hydrogens is 170 g/mol. The highest BCUT2D eigenvalue weighted by molar-refractivity contribution is 5.81. The molecule has 76 valence electrons. The van der Waals surface area contributed by atoms with Crippen molar-refractivity contribution in [1.29, 1.82) is 0 Å². The van der Waals surface area contributed by atoms with E-state index in [9.17, 15) is 4.79 Å². The molecule has 1 fully saturated rings. The van der Waals surface area contributed by atoms with E-state index in [0.717, 1.165) is 6.42 Å². The van der Waals surface area contributed by atoms with Crippen molar-refractivity contribution < 1.29 is 14.6 Å². The number of rotatable bonds is 5. The van der Waals surface area contributed by atoms with Crippen molar-refractivity contribution in [2.24, 2.45) is 11.8 Å². The maximum absolute atomic E-state index is 11.4. The molecule has 0 spiro atoms. The van der Waals surface area contributed by atoms with E-state index in [1.165, 1.54) is 0 Å². The number of hydrogen-bond donors (Lipinski definition) is 2. The number of amides is 1. The van der Waals surface area contributed by atoms with Gasteiger partial charge in [0, 0.05) is 13.0 Å². The summed E-state index contributed by atoms with van der Waals surface area (Å²) in [4.78, 5) is 11.4. The van der Waals surface area contributed by atoms with Gasteiger partial charge in [-0.05, 0) is 12.3 Å². The Balaban J connectivity index is 2.24. The lowest BCUT2D eigenvalue weighted by Gasteiger charge is -2.14. The highest BCUT2D eigenvalue weighted by atomic mass is 16.5. The molecule has 1 aliphatic carbocycles. The molecule has 2 N–H and O–H groups in total. The van der Waals surface area contributed by atoms with Gasteiger partial charge in [-0.25, -0.2) is 0 Å². The van der Waals surface area contributed by atoms with Gasteiger partial charge in [0.25, 0.3) is 0 Å². The molecule has 0 aliphatic heterocycles. The molecule has 0 saturated heterocycles. The van der Waals surface area contributed by atoms with Crippen LogP contribution in [0, 0.1) is 11.8 Å². The summed E-state index contributed by atoms with van der Waals surface area (Å²) in [6.45, 7) is 2.35. The van der Waals surface area contributed by atoms with E-state index >= 15 is 0 Å². The first-order chi connectivity index (χ1) is 6.19. The molecular formula is C9H17NO3. The molecule has 1 rings (SSSR count). The van der Waals surface area contributed by atoms with Crippen molar-refractivity contribution in [3.63, 3.8) is 0 Å². The summed E-state index contributed by atoms with van der Waals surface area (Å²) < 4.78 is 4.85. The lowest BCUT2D eigenvalue weighted by Crippen LogP contribution is -2.41. The molecule has 0 bridgehead atoms. The van der Waals surface area contributed by atoms with Crippen molar-refractivity contribution in [3.8, 4) is 0 Å². The van der Waals surface area contributed by atoms with E-state index in [1.807, 2.05) is 0 Å². The van der Waals surface area contributed by atoms with Gasteiger partial charge in [0.15, 0.2) is 0 Å². The van der Waals surface area contributed by atoms with Gasteiger partial charge in [0.2, 0.25) is 5.91 Å². The molecule has 0 aromatic carbocycles. The quantitative estimate of drug-likeness (QED) is 0.625. The number of carbonyl (C=O) groups excluding carboxylic acids is 1. The Morgan fingerprint density at radius 2 is 2.38 bits per heavy atom. The Bertz CT molecular complexity index is 184. The lowest BCUT2D eigenvalue weighted by molar-refractivity contribution is -0.124. The summed E-state index contributed by atoms with van der Waals surface area (Å²) in [5.41, 5.74) is 0. The molecule has 0 heterocycles. The molecule has 1 saturated carbocycles. The topological polar surface area (TPSA) is 58.6 Å². The lowest BCUT2D eigenvalue weighted by atomic mass is 10.2. The third-order valence-corrected chi connectivity index (χ3v) is 2.38. The van der Waals surface area contributed by atoms with Crippen molar-refractivity contribution >= 4 is 5.91 Å². The Hall–Kier alpha value is -0.610. The number of carbonyl (C=O) groups is 1. The third kappa shape index (κ3) is 2.97. The fraction of sp³-hybridized carbons (Fsp3) is 0.889. The van der Waals surface area contributed by atoms with Crippen molar-refractivity contribution in [1.82, 2.24) is 5.32 Å². The second kappa shape index (κ2) is 4.58. The van der Waals surface area contributed by atoms with Crippen molar-refractivity contribution in [2.45, 2.75) is 19.4 Å². The van der Waals surface area contributed by atoms with Crippen LogP contribution >= 0.6 is 0 Å². The SMILES string of the molecule is COCC(CO)NC(=O)C1CC1C. The van der Waals surface area contributed by atoms with E-state index in [1.54, 1.807) is 7.11 Å². The van der Waals surface area contributed by atoms with Gasteiger partial charge in [-0.2, -0.15) is 0 Å². The summed E-state index contributed by atoms with van der Waals surface area (Å²) in [7, 11) is 1.55. The maximum Gasteiger partial charge on any atom is 0.223 e. The zero-order valence-corrected chi connectivity index (χ0v) is 8.12. The number of hydrogen-bond acceptors (Lipinski definition) is 3. The minimum absolute atomic E-state index is 0.0450. The molecule has 4 heteroatoms. The van der Waals surface area contributed by atoms with Gasteiger partial charge < -0.3 is 15.2 Å². The largest absolute Gasteiger partial charge is 0.394 e. The molecule has 1 amide bonds. The average Bonchev–Trinajstić information content (AvgIpc) is 2.82. The van der Waals surface area contributed by atoms with Crippen molar-refractivity contribution in [2.75, 3.05) is 20.3 Å². The van der Waals surface area contributed by atoms with Crippen LogP contribution in [0.1, 0.15) is 13.3 Å². The van der Waals surface area contributed by atoms with E-state index in [0.29, 0.717) is 12.5 Å². The number of aliphatic hydroxyl groups excluding tert-OH is 1. The Morgan fingerprint density at radius 1 is 1.77 bits per heavy atom. The van der Waals surface area contributed by atoms with E-state index < -0.39 is 0 Å². The normalized spacial score (nSPS) is 28.2. The summed E-state index contributed by atoms with van der Waals surface area (Å²) in [6, 6.07) is -0.259. The Morgan fingerprint density at radius 3 is 2.77 bits per heavy atom. The van der Waals surface area contributed by atoms with Gasteiger partial charge in [-0.3, -0.25) is 4.79 Å². The number of methoxy groups -OCH3 is 1. The van der Waals surface area contributed by atoms with Crippen molar-refractivity contribution in [3.05, 3.63) is 0 Å². The van der Waals surface area contributed by atoms with Gasteiger partial charge >= 0.3 is 0 Å². The molecule has 0 radical (unpaired) electrons. The van der Waals surface area contributed by atoms with Crippen LogP contribution in [-0.2, 0) is 9.53 Å². The molecule has 0 aromatic heterocycles. The fourth-order valence-corrected chi connectivity index (χ4v) is 1.34. The molecule has 3 unspecified atom stereocenters. The number of aliphatic hydroxyl groups is 1. The third-order valence-electron chi connectivity index (χ3n) is 2.38. The first-order valence-corrected chi connectivity index (χ1v) is 4.59. The van der Waals surface area contributed by atoms with Crippen LogP contribution in [0.5, 0.6) is 0 Å². The molecule has 1 aliphatic rings. The van der Waals surface area contributed by atoms with Crippen LogP contribution in [0.15, 0.2) is 0 Å². The average molecular weight is 187 g/mol. The van der Waals surface area contributed by atoms with Crippen LogP contribution < -0.4 is 5.32 Å². The fourth-order valence-electron chi connectivity index (χ4n) is 1.34. The van der Waals surface area contributed by atoms with Gasteiger partial charge in [0.05, 0.1) is 19.3 Å². The van der Waals surface area contributed by atoms with Gasteiger partial charge in [-0.1, -0.05) is 6.92 Å². The van der Waals surface area contributed by atoms with Crippen LogP contribution in [-0.4, -0.2) is 37.4 Å². The second-order valence-electron chi connectivity index (χ2n) is 3.66. The Labute approximate surface area is 78.3 Å². The summed E-state index contributed by atoms with van der Waals surface area (Å²) in [5.74, 6) is 0.705. The van der Waals surface area contributed by atoms with Crippen LogP contribution in [0.25, 0.3) is 0 Å². The smallest absolute Gasteiger partial charge is 0.223 e. The minimum atomic E-state index is -0.259. The molecule has 0 aromatic rings. The van der Waals surface area contributed by atoms with Crippen LogP contribution in [0.4, 0.5) is 0 Å². The highest BCUT2D eigenvalue weighted by Crippen LogP contribution is 2.37. The zero-order valence-electron chi connectivity index (χ0n) is 8.12. The zero-order chi connectivity index (χ0) is 9.84. The maximum atomic E-state index is 11.4. The van der Waals surface area contributed by atoms with Gasteiger partial charge in [0.1, 0.15) is 0 Å². The molecule has 3 atom stereocenters. The predicted octanol–water partition coefficient (Wildman–Crippen LogP) is -0.234. The number of nitrogens with one attached hydrogen (secondary N) is 1. The standard InChI is InChI=1S/C9H17NO3/c1-6-3-8(6)9(12)10-7(4-11)5-13-2/h6-8,11H,3-5H2,1-2H3,(H,10,12). The summed E-state index contributed by atoms with van der Waals surface area (Å²) >= 11 is 0. The monoisotopic (exact) mass is 187 g/mol. The second-order valence-corrected chi connectivity index (χ2v) is 3.66. The first kappa shape index (κ1) is 10.5. The Kier molecular flexibility index (Phi) is 3.69. The van der Waals surface area contributed by atoms with Gasteiger partial charge in [-0.15, -0.1) is 0 Å². The van der Waals surface area contributed by atoms with E-state index in [4.69, 9.17) is 9.84 Å². The summed E-state index contributed by atoms with van der Waals surface area (Å²) in [6.07, 6.45) is 0.969. The van der Waals surface area contributed by atoms with Crippen LogP contribution in [0.3, 0.4) is 0 Å². The van der Waals surface area contributed by atoms with E-state index in [2.05, 4.69) is 12.2 Å². The van der Waals surface area contributed by atoms with E-state index in [-0.39, 0.29) is 24.5 Å². The predicted molar refractivity (Wildman–Crippen MR) is 48.2 cm³/mol. The summed E-state index contributed by atoms with van der Waals surface area (Å²) in [5, 5.41) is 11.6. The molecule has 13 heavy (non-hydrogen) atoms. The highest BCUT2D eigenvalue weighted by Gasteiger charge is 2.39. The van der Waals surface area contributed by atoms with Crippen LogP contribution in [0.2, 0.25) is 0 Å². The first-order valence-electron chi connectivity index (χ1n) is 4.59. The molecule has 4 nitrogen and oxygen atoms in total. The minimum Gasteiger partial charge on any atom is -0.394 e. The number of ether oxygens (including phenoxy) is 1.